The third-order valence-corrected chi connectivity index (χ3v) is 11.2. The van der Waals surface area contributed by atoms with E-state index in [0.717, 1.165) is 55.7 Å². The van der Waals surface area contributed by atoms with Gasteiger partial charge in [0.2, 0.25) is 0 Å². The van der Waals surface area contributed by atoms with Gasteiger partial charge in [0, 0.05) is 21.8 Å². The van der Waals surface area contributed by atoms with Gasteiger partial charge in [-0.25, -0.2) is 0 Å². The molecule has 0 aliphatic rings. The zero-order chi connectivity index (χ0) is 37.0. The maximum atomic E-state index is 6.93. The molecule has 2 heteroatoms. The van der Waals surface area contributed by atoms with Crippen LogP contribution in [0.5, 0.6) is 0 Å². The van der Waals surface area contributed by atoms with Crippen molar-refractivity contribution in [1.29, 1.82) is 0 Å². The van der Waals surface area contributed by atoms with E-state index in [1.165, 1.54) is 49.0 Å². The average Bonchev–Trinajstić information content (AvgIpc) is 3.67. The van der Waals surface area contributed by atoms with E-state index in [1.54, 1.807) is 0 Å². The molecule has 0 fully saturated rings. The Bertz CT molecular complexity index is 3240. The first-order valence-corrected chi connectivity index (χ1v) is 19.2. The highest BCUT2D eigenvalue weighted by atomic mass is 16.3. The molecule has 0 amide bonds. The highest BCUT2D eigenvalue weighted by Crippen LogP contribution is 2.48. The van der Waals surface area contributed by atoms with E-state index >= 15 is 0 Å². The third kappa shape index (κ3) is 5.26. The van der Waals surface area contributed by atoms with Crippen LogP contribution in [0.25, 0.3) is 87.6 Å². The Hall–Kier alpha value is -7.42. The van der Waals surface area contributed by atoms with Crippen LogP contribution in [-0.2, 0) is 0 Å². The minimum absolute atomic E-state index is 0.856. The number of furan rings is 1. The molecule has 0 N–H and O–H groups in total. The van der Waals surface area contributed by atoms with E-state index in [2.05, 4.69) is 217 Å². The summed E-state index contributed by atoms with van der Waals surface area (Å²) in [7, 11) is 0. The fraction of sp³-hybridized carbons (Fsp3) is 0. The smallest absolute Gasteiger partial charge is 0.160 e. The van der Waals surface area contributed by atoms with Gasteiger partial charge in [-0.1, -0.05) is 176 Å². The summed E-state index contributed by atoms with van der Waals surface area (Å²) in [5, 5.41) is 9.49. The van der Waals surface area contributed by atoms with E-state index in [-0.39, 0.29) is 0 Å². The SMILES string of the molecule is c1ccc(-c2c(-c3ccc(N(c4cccc5ccccc45)c4ccc(-c5ccc6ccccc6c5)c5c4oc4ccccc45)cc3)ccc3ccccc23)cc1. The van der Waals surface area contributed by atoms with Gasteiger partial charge in [0.1, 0.15) is 5.58 Å². The Labute approximate surface area is 325 Å². The fourth-order valence-corrected chi connectivity index (χ4v) is 8.62. The Morgan fingerprint density at radius 3 is 1.77 bits per heavy atom. The van der Waals surface area contributed by atoms with Crippen molar-refractivity contribution in [2.75, 3.05) is 4.90 Å². The van der Waals surface area contributed by atoms with Gasteiger partial charge in [-0.05, 0) is 96.7 Å². The minimum atomic E-state index is 0.856. The molecule has 1 heterocycles. The number of benzene rings is 10. The monoisotopic (exact) mass is 713 g/mol. The second-order valence-corrected chi connectivity index (χ2v) is 14.5. The highest BCUT2D eigenvalue weighted by molar-refractivity contribution is 6.18. The Morgan fingerprint density at radius 1 is 0.339 bits per heavy atom. The molecule has 11 rings (SSSR count). The summed E-state index contributed by atoms with van der Waals surface area (Å²) in [6.07, 6.45) is 0. The van der Waals surface area contributed by atoms with Crippen LogP contribution in [0.4, 0.5) is 17.1 Å². The van der Waals surface area contributed by atoms with E-state index in [0.29, 0.717) is 0 Å². The van der Waals surface area contributed by atoms with Crippen molar-refractivity contribution in [1.82, 2.24) is 0 Å². The number of rotatable bonds is 6. The van der Waals surface area contributed by atoms with E-state index in [9.17, 15) is 0 Å². The van der Waals surface area contributed by atoms with Crippen molar-refractivity contribution in [3.63, 3.8) is 0 Å². The first-order valence-electron chi connectivity index (χ1n) is 19.2. The Morgan fingerprint density at radius 2 is 0.946 bits per heavy atom. The van der Waals surface area contributed by atoms with E-state index < -0.39 is 0 Å². The topological polar surface area (TPSA) is 16.4 Å². The lowest BCUT2D eigenvalue weighted by atomic mass is 9.89. The second kappa shape index (κ2) is 13.2. The summed E-state index contributed by atoms with van der Waals surface area (Å²) in [6, 6.07) is 76.4. The van der Waals surface area contributed by atoms with Crippen molar-refractivity contribution in [3.8, 4) is 33.4 Å². The summed E-state index contributed by atoms with van der Waals surface area (Å²) in [5.74, 6) is 0. The zero-order valence-corrected chi connectivity index (χ0v) is 30.6. The molecule has 262 valence electrons. The number of para-hydroxylation sites is 1. The summed E-state index contributed by atoms with van der Waals surface area (Å²) in [6.45, 7) is 0. The first-order chi connectivity index (χ1) is 27.8. The van der Waals surface area contributed by atoms with Crippen molar-refractivity contribution in [2.24, 2.45) is 0 Å². The van der Waals surface area contributed by atoms with Crippen LogP contribution >= 0.6 is 0 Å². The molecule has 0 saturated carbocycles. The van der Waals surface area contributed by atoms with Crippen LogP contribution in [0, 0.1) is 0 Å². The standard InChI is InChI=1S/C54H35NO/c1-2-16-40(17-3-1)52-45-21-9-7-15-38(45)29-32-46(52)39-27-30-43(31-28-39)55(49-23-12-19-37-14-6-8-20-44(37)49)50-34-33-47(42-26-25-36-13-4-5-18-41(36)35-42)53-48-22-10-11-24-51(48)56-54(50)53/h1-35H. The average molecular weight is 714 g/mol. The van der Waals surface area contributed by atoms with Gasteiger partial charge in [0.15, 0.2) is 5.58 Å². The molecule has 0 unspecified atom stereocenters. The Balaban J connectivity index is 1.14. The van der Waals surface area contributed by atoms with Crippen molar-refractivity contribution in [3.05, 3.63) is 212 Å². The predicted molar refractivity (Wildman–Crippen MR) is 237 cm³/mol. The molecule has 0 bridgehead atoms. The molecule has 10 aromatic carbocycles. The predicted octanol–water partition coefficient (Wildman–Crippen LogP) is 15.5. The number of fused-ring (bicyclic) bond motifs is 6. The van der Waals surface area contributed by atoms with Crippen molar-refractivity contribution >= 4 is 71.3 Å². The lowest BCUT2D eigenvalue weighted by Gasteiger charge is -2.27. The normalized spacial score (nSPS) is 11.6. The summed E-state index contributed by atoms with van der Waals surface area (Å²) < 4.78 is 6.93. The minimum Gasteiger partial charge on any atom is -0.454 e. The molecule has 0 atom stereocenters. The first kappa shape index (κ1) is 32.0. The van der Waals surface area contributed by atoms with Gasteiger partial charge in [0.05, 0.1) is 11.4 Å². The van der Waals surface area contributed by atoms with Gasteiger partial charge >= 0.3 is 0 Å². The molecule has 0 radical (unpaired) electrons. The second-order valence-electron chi connectivity index (χ2n) is 14.5. The van der Waals surface area contributed by atoms with E-state index in [4.69, 9.17) is 4.42 Å². The van der Waals surface area contributed by atoms with Gasteiger partial charge in [-0.15, -0.1) is 0 Å². The van der Waals surface area contributed by atoms with Crippen molar-refractivity contribution < 1.29 is 4.42 Å². The van der Waals surface area contributed by atoms with Gasteiger partial charge < -0.3 is 9.32 Å². The van der Waals surface area contributed by atoms with Crippen LogP contribution in [0.15, 0.2) is 217 Å². The molecule has 0 saturated heterocycles. The molecular weight excluding hydrogens is 679 g/mol. The van der Waals surface area contributed by atoms with Gasteiger partial charge in [0.25, 0.3) is 0 Å². The largest absolute Gasteiger partial charge is 0.454 e. The Kier molecular flexibility index (Phi) is 7.53. The summed E-state index contributed by atoms with van der Waals surface area (Å²) >= 11 is 0. The maximum Gasteiger partial charge on any atom is 0.160 e. The quantitative estimate of drug-likeness (QED) is 0.171. The van der Waals surface area contributed by atoms with Crippen LogP contribution in [0.2, 0.25) is 0 Å². The molecule has 0 spiro atoms. The van der Waals surface area contributed by atoms with Crippen LogP contribution < -0.4 is 4.90 Å². The van der Waals surface area contributed by atoms with Crippen LogP contribution in [0.3, 0.4) is 0 Å². The molecule has 56 heavy (non-hydrogen) atoms. The molecule has 0 aliphatic carbocycles. The molecular formula is C54H35NO. The number of nitrogens with zero attached hydrogens (tertiary/aromatic N) is 1. The molecule has 2 nitrogen and oxygen atoms in total. The maximum absolute atomic E-state index is 6.93. The van der Waals surface area contributed by atoms with Gasteiger partial charge in [-0.3, -0.25) is 0 Å². The fourth-order valence-electron chi connectivity index (χ4n) is 8.62. The number of anilines is 3. The zero-order valence-electron chi connectivity index (χ0n) is 30.6. The lowest BCUT2D eigenvalue weighted by molar-refractivity contribution is 0.669. The molecule has 11 aromatic rings. The third-order valence-electron chi connectivity index (χ3n) is 11.2. The molecule has 0 aliphatic heterocycles. The van der Waals surface area contributed by atoms with Crippen LogP contribution in [-0.4, -0.2) is 0 Å². The van der Waals surface area contributed by atoms with Gasteiger partial charge in [-0.2, -0.15) is 0 Å². The van der Waals surface area contributed by atoms with Crippen molar-refractivity contribution in [2.45, 2.75) is 0 Å². The summed E-state index contributed by atoms with van der Waals surface area (Å²) in [5.41, 5.74) is 12.0. The number of hydrogen-bond acceptors (Lipinski definition) is 2. The highest BCUT2D eigenvalue weighted by Gasteiger charge is 2.24. The summed E-state index contributed by atoms with van der Waals surface area (Å²) in [4.78, 5) is 2.37. The number of hydrogen-bond donors (Lipinski definition) is 0. The molecule has 1 aromatic heterocycles. The van der Waals surface area contributed by atoms with Crippen LogP contribution in [0.1, 0.15) is 0 Å². The lowest BCUT2D eigenvalue weighted by Crippen LogP contribution is -2.11. The van der Waals surface area contributed by atoms with E-state index in [1.807, 2.05) is 0 Å².